The molecule has 0 aliphatic carbocycles. The van der Waals surface area contributed by atoms with Crippen LogP contribution in [0.5, 0.6) is 0 Å². The van der Waals surface area contributed by atoms with Gasteiger partial charge in [-0.15, -0.1) is 0 Å². The quantitative estimate of drug-likeness (QED) is 0.784. The van der Waals surface area contributed by atoms with Gasteiger partial charge in [0.1, 0.15) is 0 Å². The Morgan fingerprint density at radius 3 is 2.24 bits per heavy atom. The van der Waals surface area contributed by atoms with Crippen molar-refractivity contribution in [2.24, 2.45) is 0 Å². The normalized spacial score (nSPS) is 12.4. The van der Waals surface area contributed by atoms with E-state index in [9.17, 15) is 0 Å². The van der Waals surface area contributed by atoms with Crippen LogP contribution in [0.3, 0.4) is 0 Å². The summed E-state index contributed by atoms with van der Waals surface area (Å²) in [4.78, 5) is 0. The highest BCUT2D eigenvalue weighted by Gasteiger charge is 2.18. The third kappa shape index (κ3) is 3.48. The molecule has 0 saturated heterocycles. The van der Waals surface area contributed by atoms with Crippen molar-refractivity contribution in [3.63, 3.8) is 0 Å². The van der Waals surface area contributed by atoms with Crippen molar-refractivity contribution >= 4 is 11.6 Å². The summed E-state index contributed by atoms with van der Waals surface area (Å²) in [5.74, 6) is 0. The van der Waals surface area contributed by atoms with E-state index < -0.39 is 0 Å². The first-order valence-corrected chi connectivity index (χ1v) is 7.98. The zero-order valence-electron chi connectivity index (χ0n) is 13.3. The van der Waals surface area contributed by atoms with Gasteiger partial charge in [-0.2, -0.15) is 0 Å². The summed E-state index contributed by atoms with van der Waals surface area (Å²) >= 11 is 6.32. The number of aryl methyl sites for hydroxylation is 1. The maximum absolute atomic E-state index is 6.32. The average molecular weight is 302 g/mol. The number of nitrogens with one attached hydrogen (secondary N) is 1. The lowest BCUT2D eigenvalue weighted by Crippen LogP contribution is -2.25. The Bertz CT molecular complexity index is 567. The largest absolute Gasteiger partial charge is 0.306 e. The Kier molecular flexibility index (Phi) is 5.44. The van der Waals surface area contributed by atoms with E-state index in [4.69, 9.17) is 11.6 Å². The molecule has 1 nitrogen and oxygen atoms in total. The summed E-state index contributed by atoms with van der Waals surface area (Å²) in [6.45, 7) is 9.65. The van der Waals surface area contributed by atoms with Gasteiger partial charge in [0, 0.05) is 5.02 Å². The first-order chi connectivity index (χ1) is 10.1. The zero-order chi connectivity index (χ0) is 15.4. The van der Waals surface area contributed by atoms with Crippen LogP contribution in [0.4, 0.5) is 0 Å². The topological polar surface area (TPSA) is 12.0 Å². The number of hydrogen-bond donors (Lipinski definition) is 1. The maximum atomic E-state index is 6.32. The Morgan fingerprint density at radius 1 is 0.952 bits per heavy atom. The molecule has 1 unspecified atom stereocenters. The van der Waals surface area contributed by atoms with Crippen molar-refractivity contribution in [1.29, 1.82) is 0 Å². The molecule has 0 fully saturated rings. The lowest BCUT2D eigenvalue weighted by Gasteiger charge is -2.24. The van der Waals surface area contributed by atoms with Crippen molar-refractivity contribution < 1.29 is 0 Å². The van der Waals surface area contributed by atoms with Crippen LogP contribution in [0.1, 0.15) is 47.2 Å². The fraction of sp³-hybridized carbons (Fsp3) is 0.368. The molecule has 112 valence electrons. The SMILES string of the molecule is CCCNC(c1cccc(C)c1C)c1cccc(Cl)c1C. The molecule has 0 aliphatic heterocycles. The van der Waals surface area contributed by atoms with Gasteiger partial charge in [0.2, 0.25) is 0 Å². The van der Waals surface area contributed by atoms with E-state index in [1.165, 1.54) is 22.3 Å². The summed E-state index contributed by atoms with van der Waals surface area (Å²) in [5, 5.41) is 4.51. The minimum absolute atomic E-state index is 0.198. The van der Waals surface area contributed by atoms with E-state index in [0.29, 0.717) is 0 Å². The van der Waals surface area contributed by atoms with Crippen LogP contribution < -0.4 is 5.32 Å². The second kappa shape index (κ2) is 7.11. The average Bonchev–Trinajstić information content (AvgIpc) is 2.47. The van der Waals surface area contributed by atoms with Gasteiger partial charge < -0.3 is 5.32 Å². The van der Waals surface area contributed by atoms with Crippen LogP contribution in [0.25, 0.3) is 0 Å². The first kappa shape index (κ1) is 16.1. The highest BCUT2D eigenvalue weighted by Crippen LogP contribution is 2.31. The van der Waals surface area contributed by atoms with Crippen molar-refractivity contribution in [1.82, 2.24) is 5.32 Å². The van der Waals surface area contributed by atoms with Crippen LogP contribution in [-0.4, -0.2) is 6.54 Å². The summed E-state index contributed by atoms with van der Waals surface area (Å²) in [7, 11) is 0. The van der Waals surface area contributed by atoms with Crippen LogP contribution in [0.15, 0.2) is 36.4 Å². The molecule has 2 aromatic rings. The predicted octanol–water partition coefficient (Wildman–Crippen LogP) is 5.35. The third-order valence-electron chi connectivity index (χ3n) is 4.18. The smallest absolute Gasteiger partial charge is 0.0582 e. The van der Waals surface area contributed by atoms with Crippen LogP contribution >= 0.6 is 11.6 Å². The van der Waals surface area contributed by atoms with Gasteiger partial charge in [0.15, 0.2) is 0 Å². The maximum Gasteiger partial charge on any atom is 0.0582 e. The monoisotopic (exact) mass is 301 g/mol. The molecule has 21 heavy (non-hydrogen) atoms. The highest BCUT2D eigenvalue weighted by molar-refractivity contribution is 6.31. The molecule has 2 aromatic carbocycles. The molecular weight excluding hydrogens is 278 g/mol. The van der Waals surface area contributed by atoms with E-state index in [1.54, 1.807) is 0 Å². The van der Waals surface area contributed by atoms with Gasteiger partial charge in [0.05, 0.1) is 6.04 Å². The van der Waals surface area contributed by atoms with Gasteiger partial charge in [0.25, 0.3) is 0 Å². The minimum atomic E-state index is 0.198. The molecule has 1 N–H and O–H groups in total. The van der Waals surface area contributed by atoms with Crippen LogP contribution in [-0.2, 0) is 0 Å². The lowest BCUT2D eigenvalue weighted by molar-refractivity contribution is 0.593. The molecule has 0 aliphatic rings. The second-order valence-corrected chi connectivity index (χ2v) is 6.04. The molecule has 0 aromatic heterocycles. The van der Waals surface area contributed by atoms with E-state index >= 15 is 0 Å². The first-order valence-electron chi connectivity index (χ1n) is 7.60. The van der Waals surface area contributed by atoms with E-state index in [-0.39, 0.29) is 6.04 Å². The fourth-order valence-corrected chi connectivity index (χ4v) is 2.88. The summed E-state index contributed by atoms with van der Waals surface area (Å²) in [6.07, 6.45) is 1.11. The van der Waals surface area contributed by atoms with Gasteiger partial charge in [-0.1, -0.05) is 48.9 Å². The number of benzene rings is 2. The molecule has 0 bridgehead atoms. The summed E-state index contributed by atoms with van der Waals surface area (Å²) in [5.41, 5.74) is 6.45. The van der Waals surface area contributed by atoms with Gasteiger partial charge in [-0.3, -0.25) is 0 Å². The Balaban J connectivity index is 2.52. The van der Waals surface area contributed by atoms with E-state index in [0.717, 1.165) is 23.6 Å². The lowest BCUT2D eigenvalue weighted by atomic mass is 9.90. The van der Waals surface area contributed by atoms with Crippen molar-refractivity contribution in [3.05, 3.63) is 69.2 Å². The van der Waals surface area contributed by atoms with E-state index in [1.807, 2.05) is 12.1 Å². The Labute approximate surface area is 133 Å². The summed E-state index contributed by atoms with van der Waals surface area (Å²) < 4.78 is 0. The molecule has 1 atom stereocenters. The van der Waals surface area contributed by atoms with Gasteiger partial charge >= 0.3 is 0 Å². The Morgan fingerprint density at radius 2 is 1.57 bits per heavy atom. The number of halogens is 1. The predicted molar refractivity (Wildman–Crippen MR) is 92.2 cm³/mol. The number of hydrogen-bond acceptors (Lipinski definition) is 1. The van der Waals surface area contributed by atoms with Crippen molar-refractivity contribution in [2.75, 3.05) is 6.54 Å². The fourth-order valence-electron chi connectivity index (χ4n) is 2.70. The standard InChI is InChI=1S/C19H24ClN/c1-5-12-21-19(16-9-6-8-13(2)14(16)3)17-10-7-11-18(20)15(17)4/h6-11,19,21H,5,12H2,1-4H3. The molecule has 0 heterocycles. The highest BCUT2D eigenvalue weighted by atomic mass is 35.5. The zero-order valence-corrected chi connectivity index (χ0v) is 14.1. The van der Waals surface area contributed by atoms with Gasteiger partial charge in [-0.25, -0.2) is 0 Å². The molecular formula is C19H24ClN. The molecule has 2 heteroatoms. The minimum Gasteiger partial charge on any atom is -0.306 e. The van der Waals surface area contributed by atoms with Crippen molar-refractivity contribution in [3.8, 4) is 0 Å². The van der Waals surface area contributed by atoms with Crippen LogP contribution in [0.2, 0.25) is 5.02 Å². The number of rotatable bonds is 5. The molecule has 0 radical (unpaired) electrons. The van der Waals surface area contributed by atoms with Crippen LogP contribution in [0, 0.1) is 20.8 Å². The molecule has 0 saturated carbocycles. The van der Waals surface area contributed by atoms with Crippen molar-refractivity contribution in [2.45, 2.75) is 40.2 Å². The molecule has 2 rings (SSSR count). The third-order valence-corrected chi connectivity index (χ3v) is 4.59. The molecule has 0 spiro atoms. The van der Waals surface area contributed by atoms with Gasteiger partial charge in [-0.05, 0) is 67.6 Å². The van der Waals surface area contributed by atoms with E-state index in [2.05, 4.69) is 57.3 Å². The summed E-state index contributed by atoms with van der Waals surface area (Å²) in [6, 6.07) is 12.9. The molecule has 0 amide bonds. The second-order valence-electron chi connectivity index (χ2n) is 5.63. The Hall–Kier alpha value is -1.31.